The molecular formula is C16H14N2OS2. The standard InChI is InChI=1S/C16H14N2OS2/c1-11-8-14(21-10-11)16(19)18-9-12-4-2-6-17-15(12)13-5-3-7-20-13/h2-8,10H,9H2,1H3,(H,18,19). The smallest absolute Gasteiger partial charge is 0.261 e. The van der Waals surface area contributed by atoms with Crippen molar-refractivity contribution in [2.24, 2.45) is 0 Å². The number of rotatable bonds is 4. The fourth-order valence-electron chi connectivity index (χ4n) is 2.03. The molecule has 0 aliphatic carbocycles. The Hall–Kier alpha value is -1.98. The number of pyridine rings is 1. The lowest BCUT2D eigenvalue weighted by Gasteiger charge is -2.08. The Morgan fingerprint density at radius 1 is 1.29 bits per heavy atom. The average Bonchev–Trinajstić information content (AvgIpc) is 3.16. The van der Waals surface area contributed by atoms with Crippen molar-refractivity contribution in [3.05, 3.63) is 63.3 Å². The van der Waals surface area contributed by atoms with Gasteiger partial charge >= 0.3 is 0 Å². The third-order valence-electron chi connectivity index (χ3n) is 3.04. The molecule has 3 nitrogen and oxygen atoms in total. The van der Waals surface area contributed by atoms with Gasteiger partial charge in [0, 0.05) is 12.7 Å². The molecule has 0 bridgehead atoms. The Kier molecular flexibility index (Phi) is 4.13. The maximum Gasteiger partial charge on any atom is 0.261 e. The first-order valence-corrected chi connectivity index (χ1v) is 8.31. The van der Waals surface area contributed by atoms with Crippen molar-refractivity contribution in [2.45, 2.75) is 13.5 Å². The minimum absolute atomic E-state index is 0.0333. The van der Waals surface area contributed by atoms with E-state index in [4.69, 9.17) is 0 Å². The van der Waals surface area contributed by atoms with E-state index in [0.29, 0.717) is 6.54 Å². The molecule has 0 radical (unpaired) electrons. The van der Waals surface area contributed by atoms with Crippen molar-refractivity contribution in [3.8, 4) is 10.6 Å². The molecule has 21 heavy (non-hydrogen) atoms. The van der Waals surface area contributed by atoms with Gasteiger partial charge in [0.15, 0.2) is 0 Å². The van der Waals surface area contributed by atoms with E-state index in [0.717, 1.165) is 26.6 Å². The van der Waals surface area contributed by atoms with Crippen LogP contribution in [-0.2, 0) is 6.54 Å². The van der Waals surface area contributed by atoms with Crippen LogP contribution in [0.3, 0.4) is 0 Å². The van der Waals surface area contributed by atoms with E-state index < -0.39 is 0 Å². The summed E-state index contributed by atoms with van der Waals surface area (Å²) in [5, 5.41) is 6.98. The molecule has 5 heteroatoms. The van der Waals surface area contributed by atoms with Crippen molar-refractivity contribution in [1.82, 2.24) is 10.3 Å². The van der Waals surface area contributed by atoms with Crippen molar-refractivity contribution < 1.29 is 4.79 Å². The molecule has 0 saturated heterocycles. The van der Waals surface area contributed by atoms with Gasteiger partial charge in [-0.05, 0) is 47.0 Å². The van der Waals surface area contributed by atoms with Gasteiger partial charge in [-0.2, -0.15) is 0 Å². The highest BCUT2D eigenvalue weighted by Crippen LogP contribution is 2.25. The molecule has 3 heterocycles. The van der Waals surface area contributed by atoms with E-state index in [-0.39, 0.29) is 5.91 Å². The Morgan fingerprint density at radius 2 is 2.19 bits per heavy atom. The monoisotopic (exact) mass is 314 g/mol. The number of nitrogens with one attached hydrogen (secondary N) is 1. The SMILES string of the molecule is Cc1csc(C(=O)NCc2cccnc2-c2cccs2)c1. The second-order valence-electron chi connectivity index (χ2n) is 4.66. The highest BCUT2D eigenvalue weighted by molar-refractivity contribution is 7.13. The quantitative estimate of drug-likeness (QED) is 0.787. The van der Waals surface area contributed by atoms with Gasteiger partial charge in [0.2, 0.25) is 0 Å². The highest BCUT2D eigenvalue weighted by Gasteiger charge is 2.11. The van der Waals surface area contributed by atoms with E-state index in [1.807, 2.05) is 48.0 Å². The van der Waals surface area contributed by atoms with Crippen LogP contribution in [0, 0.1) is 6.92 Å². The van der Waals surface area contributed by atoms with E-state index >= 15 is 0 Å². The summed E-state index contributed by atoms with van der Waals surface area (Å²) in [7, 11) is 0. The fourth-order valence-corrected chi connectivity index (χ4v) is 3.60. The fraction of sp³-hybridized carbons (Fsp3) is 0.125. The highest BCUT2D eigenvalue weighted by atomic mass is 32.1. The Labute approximate surface area is 131 Å². The number of carbonyl (C=O) groups is 1. The molecule has 0 spiro atoms. The minimum Gasteiger partial charge on any atom is -0.347 e. The van der Waals surface area contributed by atoms with Gasteiger partial charge in [0.1, 0.15) is 0 Å². The van der Waals surface area contributed by atoms with E-state index in [1.54, 1.807) is 17.5 Å². The Morgan fingerprint density at radius 3 is 2.90 bits per heavy atom. The molecule has 0 fully saturated rings. The summed E-state index contributed by atoms with van der Waals surface area (Å²) in [6, 6.07) is 9.85. The summed E-state index contributed by atoms with van der Waals surface area (Å²) >= 11 is 3.12. The third-order valence-corrected chi connectivity index (χ3v) is 4.96. The number of nitrogens with zero attached hydrogens (tertiary/aromatic N) is 1. The van der Waals surface area contributed by atoms with Crippen LogP contribution in [0.1, 0.15) is 20.8 Å². The number of hydrogen-bond donors (Lipinski definition) is 1. The molecule has 0 aromatic carbocycles. The van der Waals surface area contributed by atoms with E-state index in [1.165, 1.54) is 11.3 Å². The molecule has 106 valence electrons. The van der Waals surface area contributed by atoms with Crippen LogP contribution < -0.4 is 5.32 Å². The zero-order valence-corrected chi connectivity index (χ0v) is 13.1. The molecule has 1 N–H and O–H groups in total. The van der Waals surface area contributed by atoms with Crippen molar-refractivity contribution in [2.75, 3.05) is 0 Å². The number of amides is 1. The number of carbonyl (C=O) groups excluding carboxylic acids is 1. The lowest BCUT2D eigenvalue weighted by molar-refractivity contribution is 0.0955. The number of hydrogen-bond acceptors (Lipinski definition) is 4. The lowest BCUT2D eigenvalue weighted by Crippen LogP contribution is -2.22. The van der Waals surface area contributed by atoms with Crippen LogP contribution in [0.5, 0.6) is 0 Å². The zero-order chi connectivity index (χ0) is 14.7. The number of aromatic nitrogens is 1. The second-order valence-corrected chi connectivity index (χ2v) is 6.52. The van der Waals surface area contributed by atoms with Crippen LogP contribution in [-0.4, -0.2) is 10.9 Å². The van der Waals surface area contributed by atoms with Gasteiger partial charge in [-0.15, -0.1) is 22.7 Å². The number of aryl methyl sites for hydroxylation is 1. The molecule has 1 amide bonds. The first kappa shape index (κ1) is 14.0. The molecule has 0 aliphatic rings. The summed E-state index contributed by atoms with van der Waals surface area (Å²) in [5.41, 5.74) is 3.09. The van der Waals surface area contributed by atoms with E-state index in [2.05, 4.69) is 10.3 Å². The molecule has 3 aromatic heterocycles. The summed E-state index contributed by atoms with van der Waals surface area (Å²) in [4.78, 5) is 18.4. The molecule has 0 aliphatic heterocycles. The van der Waals surface area contributed by atoms with Crippen LogP contribution in [0.15, 0.2) is 47.3 Å². The molecule has 0 unspecified atom stereocenters. The first-order valence-electron chi connectivity index (χ1n) is 6.55. The van der Waals surface area contributed by atoms with Crippen LogP contribution in [0.4, 0.5) is 0 Å². The van der Waals surface area contributed by atoms with Gasteiger partial charge in [-0.3, -0.25) is 9.78 Å². The zero-order valence-electron chi connectivity index (χ0n) is 11.5. The van der Waals surface area contributed by atoms with E-state index in [9.17, 15) is 4.79 Å². The maximum atomic E-state index is 12.1. The summed E-state index contributed by atoms with van der Waals surface area (Å²) in [5.74, 6) is -0.0333. The van der Waals surface area contributed by atoms with Crippen LogP contribution >= 0.6 is 22.7 Å². The molecular weight excluding hydrogens is 300 g/mol. The lowest BCUT2D eigenvalue weighted by atomic mass is 10.1. The average molecular weight is 314 g/mol. The van der Waals surface area contributed by atoms with Crippen molar-refractivity contribution in [3.63, 3.8) is 0 Å². The maximum absolute atomic E-state index is 12.1. The summed E-state index contributed by atoms with van der Waals surface area (Å²) in [6.45, 7) is 2.47. The predicted octanol–water partition coefficient (Wildman–Crippen LogP) is 4.11. The molecule has 0 saturated carbocycles. The van der Waals surface area contributed by atoms with Crippen molar-refractivity contribution in [1.29, 1.82) is 0 Å². The molecule has 3 aromatic rings. The number of thiophene rings is 2. The van der Waals surface area contributed by atoms with Gasteiger partial charge in [-0.1, -0.05) is 12.1 Å². The first-order chi connectivity index (χ1) is 10.2. The predicted molar refractivity (Wildman–Crippen MR) is 87.8 cm³/mol. The minimum atomic E-state index is -0.0333. The van der Waals surface area contributed by atoms with Gasteiger partial charge in [0.05, 0.1) is 15.4 Å². The van der Waals surface area contributed by atoms with Crippen molar-refractivity contribution >= 4 is 28.6 Å². The Bertz CT molecular complexity index is 747. The van der Waals surface area contributed by atoms with Crippen LogP contribution in [0.2, 0.25) is 0 Å². The van der Waals surface area contributed by atoms with Gasteiger partial charge < -0.3 is 5.32 Å². The normalized spacial score (nSPS) is 10.5. The van der Waals surface area contributed by atoms with Gasteiger partial charge in [-0.25, -0.2) is 0 Å². The van der Waals surface area contributed by atoms with Gasteiger partial charge in [0.25, 0.3) is 5.91 Å². The molecule has 0 atom stereocenters. The molecule has 3 rings (SSSR count). The van der Waals surface area contributed by atoms with Crippen LogP contribution in [0.25, 0.3) is 10.6 Å². The summed E-state index contributed by atoms with van der Waals surface area (Å²) in [6.07, 6.45) is 1.78. The topological polar surface area (TPSA) is 42.0 Å². The largest absolute Gasteiger partial charge is 0.347 e. The Balaban J connectivity index is 1.75. The summed E-state index contributed by atoms with van der Waals surface area (Å²) < 4.78 is 0. The third kappa shape index (κ3) is 3.20. The second kappa shape index (κ2) is 6.20.